The molecule has 1 aliphatic heterocycles. The number of carbonyl (C=O) groups excluding carboxylic acids is 1. The molecule has 0 bridgehead atoms. The molecule has 2 aromatic carbocycles. The highest BCUT2D eigenvalue weighted by Crippen LogP contribution is 2.29. The number of para-hydroxylation sites is 1. The third-order valence-corrected chi connectivity index (χ3v) is 4.68. The van der Waals surface area contributed by atoms with E-state index in [1.807, 2.05) is 61.2 Å². The normalized spacial score (nSPS) is 17.0. The van der Waals surface area contributed by atoms with E-state index in [1.165, 1.54) is 0 Å². The first-order valence-corrected chi connectivity index (χ1v) is 8.27. The first-order chi connectivity index (χ1) is 11.5. The van der Waals surface area contributed by atoms with Gasteiger partial charge in [-0.05, 0) is 43.7 Å². The van der Waals surface area contributed by atoms with Gasteiger partial charge in [0.2, 0.25) is 5.91 Å². The van der Waals surface area contributed by atoms with Gasteiger partial charge in [-0.25, -0.2) is 0 Å². The molecule has 0 spiro atoms. The Bertz CT molecular complexity index is 695. The van der Waals surface area contributed by atoms with Crippen molar-refractivity contribution in [2.45, 2.75) is 25.9 Å². The van der Waals surface area contributed by atoms with Gasteiger partial charge in [0, 0.05) is 25.3 Å². The minimum absolute atomic E-state index is 0.161. The molecule has 3 rings (SSSR count). The highest BCUT2D eigenvalue weighted by molar-refractivity contribution is 5.90. The third-order valence-electron chi connectivity index (χ3n) is 4.68. The number of piperazine rings is 1. The fraction of sp³-hybridized carbons (Fsp3) is 0.350. The number of rotatable bonds is 4. The molecule has 4 heteroatoms. The predicted octanol–water partition coefficient (Wildman–Crippen LogP) is 3.32. The largest absolute Gasteiger partial charge is 0.497 e. The smallest absolute Gasteiger partial charge is 0.248 e. The van der Waals surface area contributed by atoms with Crippen LogP contribution in [0.25, 0.3) is 0 Å². The third kappa shape index (κ3) is 3.09. The van der Waals surface area contributed by atoms with Crippen molar-refractivity contribution in [1.82, 2.24) is 4.90 Å². The van der Waals surface area contributed by atoms with Crippen molar-refractivity contribution in [2.75, 3.05) is 25.1 Å². The minimum Gasteiger partial charge on any atom is -0.497 e. The summed E-state index contributed by atoms with van der Waals surface area (Å²) in [5.41, 5.74) is 1.67. The number of benzene rings is 2. The molecule has 0 aromatic heterocycles. The highest BCUT2D eigenvalue weighted by Gasteiger charge is 2.41. The van der Waals surface area contributed by atoms with Gasteiger partial charge in [-0.3, -0.25) is 4.79 Å². The zero-order valence-corrected chi connectivity index (χ0v) is 14.5. The molecule has 24 heavy (non-hydrogen) atoms. The van der Waals surface area contributed by atoms with Crippen LogP contribution in [0.3, 0.4) is 0 Å². The van der Waals surface area contributed by atoms with Gasteiger partial charge in [0.05, 0.1) is 7.11 Å². The number of anilines is 1. The Balaban J connectivity index is 1.75. The number of amides is 1. The number of hydrogen-bond donors (Lipinski definition) is 0. The molecule has 0 unspecified atom stereocenters. The number of carbonyl (C=O) groups is 1. The number of hydrogen-bond acceptors (Lipinski definition) is 3. The lowest BCUT2D eigenvalue weighted by Crippen LogP contribution is -2.63. The number of nitrogens with zero attached hydrogens (tertiary/aromatic N) is 2. The summed E-state index contributed by atoms with van der Waals surface area (Å²) in [5, 5.41) is 0. The number of methoxy groups -OCH3 is 1. The molecule has 1 aliphatic rings. The SMILES string of the molecule is COc1ccc(CN2CCN(c3ccccc3)C(C)(C)C2=O)cc1. The lowest BCUT2D eigenvalue weighted by molar-refractivity contribution is -0.138. The molecule has 0 radical (unpaired) electrons. The second-order valence-corrected chi connectivity index (χ2v) is 6.62. The van der Waals surface area contributed by atoms with Crippen LogP contribution in [0, 0.1) is 0 Å². The van der Waals surface area contributed by atoms with Crippen LogP contribution in [0.15, 0.2) is 54.6 Å². The van der Waals surface area contributed by atoms with Gasteiger partial charge in [0.25, 0.3) is 0 Å². The predicted molar refractivity (Wildman–Crippen MR) is 96.3 cm³/mol. The maximum absolute atomic E-state index is 13.0. The van der Waals surface area contributed by atoms with Crippen molar-refractivity contribution in [3.05, 3.63) is 60.2 Å². The van der Waals surface area contributed by atoms with Crippen LogP contribution in [0.2, 0.25) is 0 Å². The molecular weight excluding hydrogens is 300 g/mol. The minimum atomic E-state index is -0.550. The summed E-state index contributed by atoms with van der Waals surface area (Å²) in [7, 11) is 1.66. The summed E-state index contributed by atoms with van der Waals surface area (Å²) >= 11 is 0. The molecule has 1 fully saturated rings. The first kappa shape index (κ1) is 16.4. The average Bonchev–Trinajstić information content (AvgIpc) is 2.60. The van der Waals surface area contributed by atoms with Crippen LogP contribution in [-0.4, -0.2) is 36.5 Å². The second kappa shape index (κ2) is 6.56. The Labute approximate surface area is 143 Å². The second-order valence-electron chi connectivity index (χ2n) is 6.62. The molecule has 1 saturated heterocycles. The Kier molecular flexibility index (Phi) is 4.47. The Morgan fingerprint density at radius 2 is 1.67 bits per heavy atom. The molecule has 2 aromatic rings. The van der Waals surface area contributed by atoms with Gasteiger partial charge >= 0.3 is 0 Å². The van der Waals surface area contributed by atoms with Crippen LogP contribution in [0.4, 0.5) is 5.69 Å². The maximum Gasteiger partial charge on any atom is 0.248 e. The van der Waals surface area contributed by atoms with E-state index in [0.717, 1.165) is 30.1 Å². The Morgan fingerprint density at radius 3 is 2.29 bits per heavy atom. The van der Waals surface area contributed by atoms with Crippen LogP contribution in [0.5, 0.6) is 5.75 Å². The van der Waals surface area contributed by atoms with Gasteiger partial charge < -0.3 is 14.5 Å². The highest BCUT2D eigenvalue weighted by atomic mass is 16.5. The van der Waals surface area contributed by atoms with E-state index in [0.29, 0.717) is 6.54 Å². The van der Waals surface area contributed by atoms with Gasteiger partial charge in [-0.1, -0.05) is 30.3 Å². The molecule has 1 heterocycles. The molecule has 126 valence electrons. The zero-order valence-electron chi connectivity index (χ0n) is 14.5. The van der Waals surface area contributed by atoms with Crippen LogP contribution < -0.4 is 9.64 Å². The molecule has 0 atom stereocenters. The Morgan fingerprint density at radius 1 is 1.00 bits per heavy atom. The van der Waals surface area contributed by atoms with Crippen molar-refractivity contribution in [3.63, 3.8) is 0 Å². The molecule has 1 amide bonds. The quantitative estimate of drug-likeness (QED) is 0.865. The van der Waals surface area contributed by atoms with Gasteiger partial charge in [-0.15, -0.1) is 0 Å². The van der Waals surface area contributed by atoms with E-state index in [1.54, 1.807) is 7.11 Å². The lowest BCUT2D eigenvalue weighted by atomic mass is 9.96. The lowest BCUT2D eigenvalue weighted by Gasteiger charge is -2.47. The van der Waals surface area contributed by atoms with E-state index < -0.39 is 5.54 Å². The van der Waals surface area contributed by atoms with E-state index in [-0.39, 0.29) is 5.91 Å². The standard InChI is InChI=1S/C20H24N2O2/c1-20(2)19(23)21(15-16-9-11-18(24-3)12-10-16)13-14-22(20)17-7-5-4-6-8-17/h4-12H,13-15H2,1-3H3. The van der Waals surface area contributed by atoms with Gasteiger partial charge in [0.15, 0.2) is 0 Å². The number of ether oxygens (including phenoxy) is 1. The molecule has 0 N–H and O–H groups in total. The van der Waals surface area contributed by atoms with Crippen molar-refractivity contribution in [1.29, 1.82) is 0 Å². The van der Waals surface area contributed by atoms with E-state index in [2.05, 4.69) is 17.0 Å². The summed E-state index contributed by atoms with van der Waals surface area (Å²) in [4.78, 5) is 17.2. The van der Waals surface area contributed by atoms with Gasteiger partial charge in [-0.2, -0.15) is 0 Å². The summed E-state index contributed by atoms with van der Waals surface area (Å²) in [6.07, 6.45) is 0. The maximum atomic E-state index is 13.0. The van der Waals surface area contributed by atoms with Crippen molar-refractivity contribution in [2.24, 2.45) is 0 Å². The fourth-order valence-electron chi connectivity index (χ4n) is 3.27. The van der Waals surface area contributed by atoms with E-state index in [4.69, 9.17) is 4.74 Å². The van der Waals surface area contributed by atoms with E-state index in [9.17, 15) is 4.79 Å². The summed E-state index contributed by atoms with van der Waals surface area (Å²) in [6, 6.07) is 18.1. The Hall–Kier alpha value is -2.49. The van der Waals surface area contributed by atoms with Crippen LogP contribution in [0.1, 0.15) is 19.4 Å². The zero-order chi connectivity index (χ0) is 17.2. The summed E-state index contributed by atoms with van der Waals surface area (Å²) < 4.78 is 5.19. The van der Waals surface area contributed by atoms with Crippen molar-refractivity contribution < 1.29 is 9.53 Å². The van der Waals surface area contributed by atoms with E-state index >= 15 is 0 Å². The molecule has 4 nitrogen and oxygen atoms in total. The van der Waals surface area contributed by atoms with Crippen molar-refractivity contribution in [3.8, 4) is 5.75 Å². The van der Waals surface area contributed by atoms with Gasteiger partial charge in [0.1, 0.15) is 11.3 Å². The van der Waals surface area contributed by atoms with Crippen LogP contribution in [-0.2, 0) is 11.3 Å². The summed E-state index contributed by atoms with van der Waals surface area (Å²) in [6.45, 7) is 6.20. The fourth-order valence-corrected chi connectivity index (χ4v) is 3.27. The molecule has 0 saturated carbocycles. The summed E-state index contributed by atoms with van der Waals surface area (Å²) in [5.74, 6) is 0.993. The average molecular weight is 324 g/mol. The van der Waals surface area contributed by atoms with Crippen molar-refractivity contribution >= 4 is 11.6 Å². The first-order valence-electron chi connectivity index (χ1n) is 8.27. The molecule has 0 aliphatic carbocycles. The topological polar surface area (TPSA) is 32.8 Å². The monoisotopic (exact) mass is 324 g/mol. The van der Waals surface area contributed by atoms with Crippen LogP contribution >= 0.6 is 0 Å². The molecular formula is C20H24N2O2.